The van der Waals surface area contributed by atoms with Crippen molar-refractivity contribution in [1.29, 1.82) is 0 Å². The van der Waals surface area contributed by atoms with Crippen LogP contribution >= 0.6 is 0 Å². The Balaban J connectivity index is 2.70. The van der Waals surface area contributed by atoms with Crippen molar-refractivity contribution in [3.8, 4) is 5.75 Å². The molecular formula is C11H18OSi. The van der Waals surface area contributed by atoms with E-state index in [1.807, 2.05) is 0 Å². The third-order valence-corrected chi connectivity index (χ3v) is 2.60. The summed E-state index contributed by atoms with van der Waals surface area (Å²) in [6.45, 7) is 8.75. The molecule has 0 aliphatic rings. The normalized spacial score (nSPS) is 11.4. The van der Waals surface area contributed by atoms with Crippen LogP contribution in [-0.4, -0.2) is 8.32 Å². The maximum atomic E-state index is 5.84. The standard InChI is InChI=1S/C11H18OSi/c1-5-10-6-8-11(9-7-10)12-13(2,3)4/h6-9H,5H2,1-4H3. The van der Waals surface area contributed by atoms with Gasteiger partial charge in [-0.25, -0.2) is 0 Å². The summed E-state index contributed by atoms with van der Waals surface area (Å²) in [6.07, 6.45) is 1.09. The Bertz CT molecular complexity index is 258. The fraction of sp³-hybridized carbons (Fsp3) is 0.455. The van der Waals surface area contributed by atoms with Gasteiger partial charge in [-0.3, -0.25) is 0 Å². The number of rotatable bonds is 3. The zero-order chi connectivity index (χ0) is 9.90. The Kier molecular flexibility index (Phi) is 3.15. The van der Waals surface area contributed by atoms with Gasteiger partial charge in [-0.1, -0.05) is 19.1 Å². The topological polar surface area (TPSA) is 9.23 Å². The molecule has 0 aliphatic carbocycles. The maximum Gasteiger partial charge on any atom is 0.242 e. The van der Waals surface area contributed by atoms with Crippen LogP contribution in [0, 0.1) is 0 Å². The fourth-order valence-corrected chi connectivity index (χ4v) is 1.99. The highest BCUT2D eigenvalue weighted by molar-refractivity contribution is 6.70. The molecule has 2 heteroatoms. The lowest BCUT2D eigenvalue weighted by molar-refractivity contribution is 0.557. The quantitative estimate of drug-likeness (QED) is 0.670. The number of benzene rings is 1. The first-order valence-electron chi connectivity index (χ1n) is 4.79. The van der Waals surface area contributed by atoms with Crippen molar-refractivity contribution in [2.75, 3.05) is 0 Å². The third-order valence-electron chi connectivity index (χ3n) is 1.76. The molecule has 0 saturated carbocycles. The van der Waals surface area contributed by atoms with Crippen LogP contribution < -0.4 is 4.43 Å². The summed E-state index contributed by atoms with van der Waals surface area (Å²) in [5.74, 6) is 1.01. The molecule has 1 aromatic carbocycles. The van der Waals surface area contributed by atoms with Crippen LogP contribution in [0.1, 0.15) is 12.5 Å². The van der Waals surface area contributed by atoms with E-state index in [1.54, 1.807) is 0 Å². The molecule has 0 heterocycles. The average Bonchev–Trinajstić information content (AvgIpc) is 2.03. The summed E-state index contributed by atoms with van der Waals surface area (Å²) in [5.41, 5.74) is 1.36. The van der Waals surface area contributed by atoms with Crippen molar-refractivity contribution in [3.63, 3.8) is 0 Å². The highest BCUT2D eigenvalue weighted by atomic mass is 28.4. The van der Waals surface area contributed by atoms with Crippen molar-refractivity contribution >= 4 is 8.32 Å². The zero-order valence-corrected chi connectivity index (χ0v) is 9.92. The highest BCUT2D eigenvalue weighted by Gasteiger charge is 2.15. The first-order valence-corrected chi connectivity index (χ1v) is 8.20. The summed E-state index contributed by atoms with van der Waals surface area (Å²) in [4.78, 5) is 0. The molecule has 0 bridgehead atoms. The van der Waals surface area contributed by atoms with Crippen LogP contribution in [0.25, 0.3) is 0 Å². The van der Waals surface area contributed by atoms with Gasteiger partial charge in [0.2, 0.25) is 8.32 Å². The van der Waals surface area contributed by atoms with Crippen molar-refractivity contribution in [2.24, 2.45) is 0 Å². The van der Waals surface area contributed by atoms with Crippen molar-refractivity contribution in [1.82, 2.24) is 0 Å². The molecule has 0 radical (unpaired) electrons. The van der Waals surface area contributed by atoms with E-state index in [0.717, 1.165) is 12.2 Å². The van der Waals surface area contributed by atoms with Crippen molar-refractivity contribution in [3.05, 3.63) is 29.8 Å². The van der Waals surface area contributed by atoms with Gasteiger partial charge < -0.3 is 4.43 Å². The molecule has 0 fully saturated rings. The van der Waals surface area contributed by atoms with Gasteiger partial charge >= 0.3 is 0 Å². The zero-order valence-electron chi connectivity index (χ0n) is 8.92. The van der Waals surface area contributed by atoms with Gasteiger partial charge in [0.1, 0.15) is 5.75 Å². The third kappa shape index (κ3) is 3.64. The first kappa shape index (κ1) is 10.3. The summed E-state index contributed by atoms with van der Waals surface area (Å²) in [6, 6.07) is 8.40. The van der Waals surface area contributed by atoms with Crippen LogP contribution in [0.4, 0.5) is 0 Å². The molecule has 0 unspecified atom stereocenters. The molecular weight excluding hydrogens is 176 g/mol. The molecule has 0 spiro atoms. The average molecular weight is 194 g/mol. The Morgan fingerprint density at radius 2 is 1.62 bits per heavy atom. The summed E-state index contributed by atoms with van der Waals surface area (Å²) in [7, 11) is -1.43. The predicted octanol–water partition coefficient (Wildman–Crippen LogP) is 3.46. The van der Waals surface area contributed by atoms with E-state index in [0.29, 0.717) is 0 Å². The monoisotopic (exact) mass is 194 g/mol. The van der Waals surface area contributed by atoms with Crippen LogP contribution in [-0.2, 0) is 6.42 Å². The van der Waals surface area contributed by atoms with E-state index >= 15 is 0 Å². The minimum atomic E-state index is -1.43. The molecule has 13 heavy (non-hydrogen) atoms. The minimum Gasteiger partial charge on any atom is -0.544 e. The second-order valence-electron chi connectivity index (χ2n) is 4.21. The summed E-state index contributed by atoms with van der Waals surface area (Å²) < 4.78 is 5.84. The lowest BCUT2D eigenvalue weighted by atomic mass is 10.2. The van der Waals surface area contributed by atoms with Gasteiger partial charge in [0, 0.05) is 0 Å². The molecule has 1 nitrogen and oxygen atoms in total. The second-order valence-corrected chi connectivity index (χ2v) is 8.64. The molecule has 0 atom stereocenters. The maximum absolute atomic E-state index is 5.84. The Morgan fingerprint density at radius 3 is 2.00 bits per heavy atom. The molecule has 0 aliphatic heterocycles. The number of aryl methyl sites for hydroxylation is 1. The molecule has 1 rings (SSSR count). The molecule has 0 N–H and O–H groups in total. The van der Waals surface area contributed by atoms with Crippen molar-refractivity contribution < 1.29 is 4.43 Å². The SMILES string of the molecule is CCc1ccc(O[Si](C)(C)C)cc1. The van der Waals surface area contributed by atoms with E-state index in [1.165, 1.54) is 5.56 Å². The molecule has 0 aromatic heterocycles. The van der Waals surface area contributed by atoms with E-state index in [2.05, 4.69) is 50.8 Å². The predicted molar refractivity (Wildman–Crippen MR) is 59.8 cm³/mol. The van der Waals surface area contributed by atoms with E-state index in [9.17, 15) is 0 Å². The second kappa shape index (κ2) is 3.96. The van der Waals surface area contributed by atoms with Crippen LogP contribution in [0.5, 0.6) is 5.75 Å². The van der Waals surface area contributed by atoms with Crippen molar-refractivity contribution in [2.45, 2.75) is 33.0 Å². The van der Waals surface area contributed by atoms with Crippen LogP contribution in [0.3, 0.4) is 0 Å². The largest absolute Gasteiger partial charge is 0.544 e. The Labute approximate surface area is 81.9 Å². The van der Waals surface area contributed by atoms with E-state index in [4.69, 9.17) is 4.43 Å². The minimum absolute atomic E-state index is 1.01. The Morgan fingerprint density at radius 1 is 1.08 bits per heavy atom. The molecule has 72 valence electrons. The lowest BCUT2D eigenvalue weighted by Gasteiger charge is -2.19. The van der Waals surface area contributed by atoms with Crippen LogP contribution in [0.15, 0.2) is 24.3 Å². The smallest absolute Gasteiger partial charge is 0.242 e. The van der Waals surface area contributed by atoms with Crippen LogP contribution in [0.2, 0.25) is 19.6 Å². The van der Waals surface area contributed by atoms with Gasteiger partial charge in [-0.05, 0) is 43.8 Å². The van der Waals surface area contributed by atoms with Gasteiger partial charge in [0.15, 0.2) is 0 Å². The first-order chi connectivity index (χ1) is 6.01. The molecule has 1 aromatic rings. The van der Waals surface area contributed by atoms with Gasteiger partial charge in [-0.15, -0.1) is 0 Å². The van der Waals surface area contributed by atoms with E-state index < -0.39 is 8.32 Å². The lowest BCUT2D eigenvalue weighted by Crippen LogP contribution is -2.29. The summed E-state index contributed by atoms with van der Waals surface area (Å²) in [5, 5.41) is 0. The number of hydrogen-bond acceptors (Lipinski definition) is 1. The van der Waals surface area contributed by atoms with Gasteiger partial charge in [-0.2, -0.15) is 0 Å². The summed E-state index contributed by atoms with van der Waals surface area (Å²) >= 11 is 0. The molecule has 0 amide bonds. The fourth-order valence-electron chi connectivity index (χ4n) is 1.15. The van der Waals surface area contributed by atoms with Gasteiger partial charge in [0.25, 0.3) is 0 Å². The van der Waals surface area contributed by atoms with E-state index in [-0.39, 0.29) is 0 Å². The number of hydrogen-bond donors (Lipinski definition) is 0. The highest BCUT2D eigenvalue weighted by Crippen LogP contribution is 2.16. The van der Waals surface area contributed by atoms with Gasteiger partial charge in [0.05, 0.1) is 0 Å². The Hall–Kier alpha value is -0.763. The molecule has 0 saturated heterocycles.